The summed E-state index contributed by atoms with van der Waals surface area (Å²) in [7, 11) is 0. The SMILES string of the molecule is O=C(O)CC(Sc1nc2cccc(O)c2s1)C(=O)O. The lowest BCUT2D eigenvalue weighted by Crippen LogP contribution is -2.20. The zero-order valence-electron chi connectivity index (χ0n) is 9.44. The monoisotopic (exact) mass is 299 g/mol. The molecular formula is C11H9NO5S2. The van der Waals surface area contributed by atoms with E-state index in [1.165, 1.54) is 6.07 Å². The molecule has 0 aliphatic heterocycles. The summed E-state index contributed by atoms with van der Waals surface area (Å²) < 4.78 is 0.981. The molecular weight excluding hydrogens is 290 g/mol. The van der Waals surface area contributed by atoms with Crippen LogP contribution in [0, 0.1) is 0 Å². The maximum atomic E-state index is 11.0. The van der Waals surface area contributed by atoms with Gasteiger partial charge in [0.15, 0.2) is 4.34 Å². The number of thioether (sulfide) groups is 1. The highest BCUT2D eigenvalue weighted by atomic mass is 32.2. The molecule has 0 fully saturated rings. The number of carbonyl (C=O) groups is 2. The second kappa shape index (κ2) is 5.45. The molecule has 0 aliphatic carbocycles. The van der Waals surface area contributed by atoms with Crippen molar-refractivity contribution >= 4 is 45.3 Å². The van der Waals surface area contributed by atoms with Crippen LogP contribution in [0.15, 0.2) is 22.5 Å². The number of carboxylic acid groups (broad SMARTS) is 2. The zero-order chi connectivity index (χ0) is 14.0. The highest BCUT2D eigenvalue weighted by Crippen LogP contribution is 2.36. The summed E-state index contributed by atoms with van der Waals surface area (Å²) in [5.74, 6) is -2.30. The third kappa shape index (κ3) is 3.15. The van der Waals surface area contributed by atoms with Crippen LogP contribution in [-0.4, -0.2) is 37.5 Å². The number of aliphatic carboxylic acids is 2. The van der Waals surface area contributed by atoms with Gasteiger partial charge in [0.05, 0.1) is 16.6 Å². The number of phenols is 1. The van der Waals surface area contributed by atoms with Crippen LogP contribution in [0.3, 0.4) is 0 Å². The van der Waals surface area contributed by atoms with Crippen LogP contribution >= 0.6 is 23.1 Å². The number of hydrogen-bond acceptors (Lipinski definition) is 6. The lowest BCUT2D eigenvalue weighted by atomic mass is 10.3. The molecule has 0 amide bonds. The standard InChI is InChI=1S/C11H9NO5S2/c13-6-3-1-2-5-9(6)19-11(12-5)18-7(10(16)17)4-8(14)15/h1-3,7,13H,4H2,(H,14,15)(H,16,17). The van der Waals surface area contributed by atoms with Crippen LogP contribution in [-0.2, 0) is 9.59 Å². The molecule has 1 atom stereocenters. The molecule has 1 aromatic heterocycles. The van der Waals surface area contributed by atoms with E-state index in [-0.39, 0.29) is 5.75 Å². The molecule has 0 bridgehead atoms. The van der Waals surface area contributed by atoms with Crippen LogP contribution in [0.5, 0.6) is 5.75 Å². The topological polar surface area (TPSA) is 108 Å². The Balaban J connectivity index is 2.26. The molecule has 1 heterocycles. The molecule has 2 rings (SSSR count). The highest BCUT2D eigenvalue weighted by Gasteiger charge is 2.24. The molecule has 0 radical (unpaired) electrons. The number of fused-ring (bicyclic) bond motifs is 1. The minimum absolute atomic E-state index is 0.0759. The molecule has 19 heavy (non-hydrogen) atoms. The second-order valence-corrected chi connectivity index (χ2v) is 6.10. The van der Waals surface area contributed by atoms with Crippen LogP contribution in [0.2, 0.25) is 0 Å². The first-order chi connectivity index (χ1) is 8.97. The van der Waals surface area contributed by atoms with Crippen molar-refractivity contribution in [2.45, 2.75) is 16.0 Å². The van der Waals surface area contributed by atoms with E-state index in [0.717, 1.165) is 23.1 Å². The molecule has 3 N–H and O–H groups in total. The van der Waals surface area contributed by atoms with Gasteiger partial charge in [0.2, 0.25) is 0 Å². The smallest absolute Gasteiger partial charge is 0.317 e. The van der Waals surface area contributed by atoms with Crippen molar-refractivity contribution in [2.75, 3.05) is 0 Å². The highest BCUT2D eigenvalue weighted by molar-refractivity contribution is 8.02. The van der Waals surface area contributed by atoms with Gasteiger partial charge in [-0.1, -0.05) is 17.8 Å². The Morgan fingerprint density at radius 1 is 1.37 bits per heavy atom. The molecule has 2 aromatic rings. The van der Waals surface area contributed by atoms with E-state index in [1.807, 2.05) is 0 Å². The quantitative estimate of drug-likeness (QED) is 0.725. The van der Waals surface area contributed by atoms with E-state index in [9.17, 15) is 14.7 Å². The van der Waals surface area contributed by atoms with Gasteiger partial charge in [-0.25, -0.2) is 4.98 Å². The van der Waals surface area contributed by atoms with Crippen molar-refractivity contribution < 1.29 is 24.9 Å². The maximum Gasteiger partial charge on any atom is 0.317 e. The van der Waals surface area contributed by atoms with Gasteiger partial charge in [0.1, 0.15) is 11.0 Å². The number of benzene rings is 1. The predicted octanol–water partition coefficient (Wildman–Crippen LogP) is 2.02. The summed E-state index contributed by atoms with van der Waals surface area (Å²) in [4.78, 5) is 25.7. The van der Waals surface area contributed by atoms with E-state index < -0.39 is 23.6 Å². The number of aromatic hydroxyl groups is 1. The van der Waals surface area contributed by atoms with E-state index >= 15 is 0 Å². The van der Waals surface area contributed by atoms with Gasteiger partial charge >= 0.3 is 11.9 Å². The third-order valence-electron chi connectivity index (χ3n) is 2.25. The minimum atomic E-state index is -1.20. The number of thiazole rings is 1. The number of carboxylic acids is 2. The maximum absolute atomic E-state index is 11.0. The van der Waals surface area contributed by atoms with E-state index in [0.29, 0.717) is 14.6 Å². The van der Waals surface area contributed by atoms with E-state index in [1.54, 1.807) is 12.1 Å². The van der Waals surface area contributed by atoms with Crippen molar-refractivity contribution in [3.8, 4) is 5.75 Å². The Hall–Kier alpha value is -1.80. The number of aromatic nitrogens is 1. The van der Waals surface area contributed by atoms with Gasteiger partial charge in [0, 0.05) is 0 Å². The molecule has 0 saturated carbocycles. The third-order valence-corrected chi connectivity index (χ3v) is 4.63. The lowest BCUT2D eigenvalue weighted by Gasteiger charge is -2.06. The van der Waals surface area contributed by atoms with Crippen molar-refractivity contribution in [2.24, 2.45) is 0 Å². The van der Waals surface area contributed by atoms with Crippen molar-refractivity contribution in [1.29, 1.82) is 0 Å². The van der Waals surface area contributed by atoms with Crippen molar-refractivity contribution in [3.63, 3.8) is 0 Å². The van der Waals surface area contributed by atoms with Gasteiger partial charge in [-0.3, -0.25) is 9.59 Å². The van der Waals surface area contributed by atoms with Crippen LogP contribution in [0.1, 0.15) is 6.42 Å². The first-order valence-electron chi connectivity index (χ1n) is 5.17. The van der Waals surface area contributed by atoms with Gasteiger partial charge in [-0.05, 0) is 12.1 Å². The second-order valence-electron chi connectivity index (χ2n) is 3.65. The molecule has 1 unspecified atom stereocenters. The number of rotatable bonds is 5. The fraction of sp³-hybridized carbons (Fsp3) is 0.182. The predicted molar refractivity (Wildman–Crippen MR) is 70.8 cm³/mol. The van der Waals surface area contributed by atoms with Gasteiger partial charge in [-0.2, -0.15) is 0 Å². The molecule has 6 nitrogen and oxygen atoms in total. The van der Waals surface area contributed by atoms with Crippen molar-refractivity contribution in [1.82, 2.24) is 4.98 Å². The normalized spacial score (nSPS) is 12.4. The molecule has 8 heteroatoms. The van der Waals surface area contributed by atoms with Crippen LogP contribution < -0.4 is 0 Å². The molecule has 0 aliphatic rings. The van der Waals surface area contributed by atoms with Crippen LogP contribution in [0.4, 0.5) is 0 Å². The number of nitrogens with zero attached hydrogens (tertiary/aromatic N) is 1. The molecule has 1 aromatic carbocycles. The summed E-state index contributed by atoms with van der Waals surface area (Å²) in [5.41, 5.74) is 0.562. The summed E-state index contributed by atoms with van der Waals surface area (Å²) >= 11 is 2.02. The fourth-order valence-electron chi connectivity index (χ4n) is 1.42. The number of phenolic OH excluding ortho intramolecular Hbond substituents is 1. The molecule has 100 valence electrons. The first kappa shape index (κ1) is 13.6. The number of hydrogen-bond donors (Lipinski definition) is 3. The average Bonchev–Trinajstić information content (AvgIpc) is 2.71. The largest absolute Gasteiger partial charge is 0.506 e. The van der Waals surface area contributed by atoms with Gasteiger partial charge in [0.25, 0.3) is 0 Å². The Morgan fingerprint density at radius 3 is 2.68 bits per heavy atom. The lowest BCUT2D eigenvalue weighted by molar-refractivity contribution is -0.142. The Kier molecular flexibility index (Phi) is 3.91. The average molecular weight is 299 g/mol. The Morgan fingerprint density at radius 2 is 2.11 bits per heavy atom. The van der Waals surface area contributed by atoms with Crippen molar-refractivity contribution in [3.05, 3.63) is 18.2 Å². The zero-order valence-corrected chi connectivity index (χ0v) is 11.1. The summed E-state index contributed by atoms with van der Waals surface area (Å²) in [6.45, 7) is 0. The summed E-state index contributed by atoms with van der Waals surface area (Å²) in [5, 5.41) is 26.1. The minimum Gasteiger partial charge on any atom is -0.506 e. The Bertz CT molecular complexity index is 639. The van der Waals surface area contributed by atoms with E-state index in [4.69, 9.17) is 10.2 Å². The Labute approximate surface area is 115 Å². The van der Waals surface area contributed by atoms with Gasteiger partial charge in [-0.15, -0.1) is 11.3 Å². The summed E-state index contributed by atoms with van der Waals surface area (Å²) in [6.07, 6.45) is -0.484. The summed E-state index contributed by atoms with van der Waals surface area (Å²) in [6, 6.07) is 4.85. The van der Waals surface area contributed by atoms with Crippen LogP contribution in [0.25, 0.3) is 10.2 Å². The van der Waals surface area contributed by atoms with E-state index in [2.05, 4.69) is 4.98 Å². The van der Waals surface area contributed by atoms with Gasteiger partial charge < -0.3 is 15.3 Å². The first-order valence-corrected chi connectivity index (χ1v) is 6.87. The molecule has 0 saturated heterocycles. The molecule has 0 spiro atoms. The fourth-order valence-corrected chi connectivity index (χ4v) is 3.65.